The fraction of sp³-hybridized carbons (Fsp3) is 0.688. The summed E-state index contributed by atoms with van der Waals surface area (Å²) in [5.74, 6) is 0.770. The van der Waals surface area contributed by atoms with Crippen LogP contribution in [0.5, 0.6) is 0 Å². The van der Waals surface area contributed by atoms with Crippen LogP contribution in [0.15, 0.2) is 24.5 Å². The molecule has 2 heterocycles. The van der Waals surface area contributed by atoms with E-state index in [-0.39, 0.29) is 0 Å². The molecule has 0 unspecified atom stereocenters. The third-order valence-electron chi connectivity index (χ3n) is 4.28. The van der Waals surface area contributed by atoms with Crippen molar-refractivity contribution in [2.75, 3.05) is 19.6 Å². The number of pyridine rings is 1. The van der Waals surface area contributed by atoms with Gasteiger partial charge in [-0.15, -0.1) is 0 Å². The van der Waals surface area contributed by atoms with Gasteiger partial charge in [0.1, 0.15) is 0 Å². The van der Waals surface area contributed by atoms with Crippen LogP contribution in [-0.2, 0) is 6.42 Å². The molecule has 1 aliphatic heterocycles. The van der Waals surface area contributed by atoms with Gasteiger partial charge in [0.2, 0.25) is 0 Å². The first-order chi connectivity index (χ1) is 9.09. The second-order valence-electron chi connectivity index (χ2n) is 6.14. The molecule has 1 saturated heterocycles. The zero-order valence-corrected chi connectivity index (χ0v) is 12.2. The van der Waals surface area contributed by atoms with E-state index in [9.17, 15) is 5.11 Å². The molecule has 3 nitrogen and oxygen atoms in total. The largest absolute Gasteiger partial charge is 0.389 e. The van der Waals surface area contributed by atoms with Crippen molar-refractivity contribution in [2.24, 2.45) is 5.92 Å². The van der Waals surface area contributed by atoms with Gasteiger partial charge in [-0.1, -0.05) is 13.0 Å². The fourth-order valence-electron chi connectivity index (χ4n) is 2.79. The van der Waals surface area contributed by atoms with E-state index in [1.165, 1.54) is 18.4 Å². The smallest absolute Gasteiger partial charge is 0.0743 e. The predicted octanol–water partition coefficient (Wildman–Crippen LogP) is 2.50. The zero-order valence-electron chi connectivity index (χ0n) is 12.2. The van der Waals surface area contributed by atoms with Crippen molar-refractivity contribution in [3.63, 3.8) is 0 Å². The average molecular weight is 262 g/mol. The molecular weight excluding hydrogens is 236 g/mol. The summed E-state index contributed by atoms with van der Waals surface area (Å²) in [6.45, 7) is 7.02. The summed E-state index contributed by atoms with van der Waals surface area (Å²) in [6.07, 6.45) is 8.24. The summed E-state index contributed by atoms with van der Waals surface area (Å²) in [4.78, 5) is 6.59. The van der Waals surface area contributed by atoms with Gasteiger partial charge >= 0.3 is 0 Å². The van der Waals surface area contributed by atoms with Crippen LogP contribution in [0, 0.1) is 5.92 Å². The van der Waals surface area contributed by atoms with Gasteiger partial charge in [0.25, 0.3) is 0 Å². The summed E-state index contributed by atoms with van der Waals surface area (Å²) in [7, 11) is 0. The minimum Gasteiger partial charge on any atom is -0.389 e. The predicted molar refractivity (Wildman–Crippen MR) is 78.0 cm³/mol. The molecule has 0 bridgehead atoms. The first kappa shape index (κ1) is 14.5. The van der Waals surface area contributed by atoms with Crippen molar-refractivity contribution >= 4 is 0 Å². The zero-order chi connectivity index (χ0) is 13.7. The van der Waals surface area contributed by atoms with Crippen LogP contribution in [0.1, 0.15) is 38.7 Å². The minimum atomic E-state index is -0.532. The first-order valence-electron chi connectivity index (χ1n) is 7.43. The lowest BCUT2D eigenvalue weighted by Gasteiger charge is -2.36. The molecule has 1 aromatic heterocycles. The van der Waals surface area contributed by atoms with Crippen LogP contribution in [0.3, 0.4) is 0 Å². The van der Waals surface area contributed by atoms with Crippen molar-refractivity contribution in [3.05, 3.63) is 30.1 Å². The number of aromatic nitrogens is 1. The maximum absolute atomic E-state index is 10.1. The van der Waals surface area contributed by atoms with Crippen molar-refractivity contribution < 1.29 is 5.11 Å². The van der Waals surface area contributed by atoms with E-state index in [0.717, 1.165) is 38.4 Å². The minimum absolute atomic E-state index is 0.532. The molecule has 0 aromatic carbocycles. The van der Waals surface area contributed by atoms with E-state index in [0.29, 0.717) is 0 Å². The first-order valence-corrected chi connectivity index (χ1v) is 7.43. The lowest BCUT2D eigenvalue weighted by Crippen LogP contribution is -2.44. The van der Waals surface area contributed by atoms with Gasteiger partial charge in [0.15, 0.2) is 0 Å². The van der Waals surface area contributed by atoms with E-state index in [2.05, 4.69) is 22.9 Å². The Labute approximate surface area is 116 Å². The Balaban J connectivity index is 1.77. The summed E-state index contributed by atoms with van der Waals surface area (Å²) in [5, 5.41) is 10.1. The summed E-state index contributed by atoms with van der Waals surface area (Å²) >= 11 is 0. The molecule has 0 saturated carbocycles. The number of β-amino-alcohol motifs (C(OH)–C–C–N with tert-alkyl or cyclic N) is 1. The van der Waals surface area contributed by atoms with E-state index >= 15 is 0 Å². The van der Waals surface area contributed by atoms with Gasteiger partial charge in [0, 0.05) is 18.9 Å². The molecular formula is C16H26N2O. The molecule has 1 atom stereocenters. The maximum atomic E-state index is 10.1. The Kier molecular flexibility index (Phi) is 4.94. The Morgan fingerprint density at radius 3 is 2.74 bits per heavy atom. The third kappa shape index (κ3) is 4.59. The lowest BCUT2D eigenvalue weighted by atomic mass is 9.90. The standard InChI is InChI=1S/C16H26N2O/c1-3-16(2,19)13-18-9-6-14(7-10-18)11-15-5-4-8-17-12-15/h4-5,8,12,14,19H,3,6-7,9-11,13H2,1-2H3/t16-/m0/s1. The van der Waals surface area contributed by atoms with Crippen LogP contribution in [0.25, 0.3) is 0 Å². The highest BCUT2D eigenvalue weighted by molar-refractivity contribution is 5.09. The summed E-state index contributed by atoms with van der Waals surface area (Å²) < 4.78 is 0. The Morgan fingerprint density at radius 1 is 1.42 bits per heavy atom. The maximum Gasteiger partial charge on any atom is 0.0743 e. The molecule has 0 aliphatic carbocycles. The molecule has 0 amide bonds. The molecule has 3 heteroatoms. The lowest BCUT2D eigenvalue weighted by molar-refractivity contribution is 0.00661. The van der Waals surface area contributed by atoms with Gasteiger partial charge in [-0.3, -0.25) is 4.98 Å². The van der Waals surface area contributed by atoms with Crippen molar-refractivity contribution in [1.29, 1.82) is 0 Å². The molecule has 1 N–H and O–H groups in total. The van der Waals surface area contributed by atoms with E-state index in [1.54, 1.807) is 0 Å². The molecule has 1 aromatic rings. The van der Waals surface area contributed by atoms with Crippen molar-refractivity contribution in [1.82, 2.24) is 9.88 Å². The Morgan fingerprint density at radius 2 is 2.16 bits per heavy atom. The van der Waals surface area contributed by atoms with Crippen LogP contribution >= 0.6 is 0 Å². The number of hydrogen-bond acceptors (Lipinski definition) is 3. The van der Waals surface area contributed by atoms with Crippen molar-refractivity contribution in [2.45, 2.75) is 45.1 Å². The quantitative estimate of drug-likeness (QED) is 0.885. The third-order valence-corrected chi connectivity index (χ3v) is 4.28. The van der Waals surface area contributed by atoms with E-state index < -0.39 is 5.60 Å². The summed E-state index contributed by atoms with van der Waals surface area (Å²) in [5.41, 5.74) is 0.817. The second-order valence-corrected chi connectivity index (χ2v) is 6.14. The number of hydrogen-bond donors (Lipinski definition) is 1. The van der Waals surface area contributed by atoms with Crippen LogP contribution in [0.2, 0.25) is 0 Å². The van der Waals surface area contributed by atoms with Crippen LogP contribution in [0.4, 0.5) is 0 Å². The molecule has 1 fully saturated rings. The molecule has 0 radical (unpaired) electrons. The molecule has 19 heavy (non-hydrogen) atoms. The number of piperidine rings is 1. The Hall–Kier alpha value is -0.930. The van der Waals surface area contributed by atoms with E-state index in [4.69, 9.17) is 0 Å². The summed E-state index contributed by atoms with van der Waals surface area (Å²) in [6, 6.07) is 4.18. The SMILES string of the molecule is CC[C@](C)(O)CN1CCC(Cc2cccnc2)CC1. The van der Waals surface area contributed by atoms with Crippen molar-refractivity contribution in [3.8, 4) is 0 Å². The molecule has 2 rings (SSSR count). The van der Waals surface area contributed by atoms with Gasteiger partial charge in [-0.25, -0.2) is 0 Å². The Bertz CT molecular complexity index is 370. The fourth-order valence-corrected chi connectivity index (χ4v) is 2.79. The van der Waals surface area contributed by atoms with Gasteiger partial charge in [-0.05, 0) is 63.2 Å². The van der Waals surface area contributed by atoms with E-state index in [1.807, 2.05) is 25.4 Å². The van der Waals surface area contributed by atoms with Gasteiger partial charge in [0.05, 0.1) is 5.60 Å². The van der Waals surface area contributed by atoms with Gasteiger partial charge in [-0.2, -0.15) is 0 Å². The number of rotatable bonds is 5. The second kappa shape index (κ2) is 6.49. The van der Waals surface area contributed by atoms with Gasteiger partial charge < -0.3 is 10.0 Å². The number of aliphatic hydroxyl groups is 1. The highest BCUT2D eigenvalue weighted by Crippen LogP contribution is 2.23. The molecule has 106 valence electrons. The monoisotopic (exact) mass is 262 g/mol. The highest BCUT2D eigenvalue weighted by atomic mass is 16.3. The normalized spacial score (nSPS) is 21.2. The number of nitrogens with zero attached hydrogens (tertiary/aromatic N) is 2. The highest BCUT2D eigenvalue weighted by Gasteiger charge is 2.25. The molecule has 0 spiro atoms. The van der Waals surface area contributed by atoms with Crippen LogP contribution < -0.4 is 0 Å². The topological polar surface area (TPSA) is 36.4 Å². The number of likely N-dealkylation sites (tertiary alicyclic amines) is 1. The molecule has 1 aliphatic rings. The van der Waals surface area contributed by atoms with Crippen LogP contribution in [-0.4, -0.2) is 40.2 Å². The average Bonchev–Trinajstić information content (AvgIpc) is 2.42.